The molecule has 0 fully saturated rings. The van der Waals surface area contributed by atoms with Crippen LogP contribution < -0.4 is 5.73 Å². The summed E-state index contributed by atoms with van der Waals surface area (Å²) in [6.07, 6.45) is -0.462. The Morgan fingerprint density at radius 3 is 2.79 bits per heavy atom. The van der Waals surface area contributed by atoms with Gasteiger partial charge in [-0.25, -0.2) is 4.79 Å². The summed E-state index contributed by atoms with van der Waals surface area (Å²) in [6, 6.07) is 9.03. The van der Waals surface area contributed by atoms with Gasteiger partial charge in [-0.15, -0.1) is 0 Å². The quantitative estimate of drug-likeness (QED) is 0.895. The van der Waals surface area contributed by atoms with Gasteiger partial charge in [0.05, 0.1) is 23.9 Å². The highest BCUT2D eigenvalue weighted by atomic mass is 32.2. The molecule has 98 valence electrons. The summed E-state index contributed by atoms with van der Waals surface area (Å²) in [4.78, 5) is 13.3. The number of ether oxygens (including phenoxy) is 1. The normalized spacial score (nSPS) is 17.8. The highest BCUT2D eigenvalue weighted by Gasteiger charge is 2.31. The third kappa shape index (κ3) is 2.72. The molecule has 5 nitrogen and oxygen atoms in total. The molecule has 1 aliphatic rings. The molecule has 0 aliphatic carbocycles. The average Bonchev–Trinajstić information content (AvgIpc) is 2.81. The van der Waals surface area contributed by atoms with E-state index in [2.05, 4.69) is 6.07 Å². The number of amides is 1. The molecule has 1 atom stereocenters. The van der Waals surface area contributed by atoms with Crippen molar-refractivity contribution in [1.82, 2.24) is 4.90 Å². The van der Waals surface area contributed by atoms with Crippen molar-refractivity contribution < 1.29 is 9.53 Å². The molecule has 0 spiro atoms. The van der Waals surface area contributed by atoms with Gasteiger partial charge < -0.3 is 10.5 Å². The van der Waals surface area contributed by atoms with Crippen LogP contribution in [0.1, 0.15) is 18.1 Å². The number of rotatable bonds is 2. The molecule has 1 aromatic carbocycles. The Kier molecular flexibility index (Phi) is 4.10. The monoisotopic (exact) mass is 275 g/mol. The maximum atomic E-state index is 11.9. The summed E-state index contributed by atoms with van der Waals surface area (Å²) in [5.74, 6) is 0. The minimum Gasteiger partial charge on any atom is -0.449 e. The fourth-order valence-corrected chi connectivity index (χ4v) is 2.55. The van der Waals surface area contributed by atoms with Crippen LogP contribution in [0.15, 0.2) is 29.7 Å². The second-order valence-corrected chi connectivity index (χ2v) is 4.78. The van der Waals surface area contributed by atoms with Crippen molar-refractivity contribution in [2.24, 2.45) is 5.73 Å². The van der Waals surface area contributed by atoms with Crippen molar-refractivity contribution in [3.63, 3.8) is 0 Å². The summed E-state index contributed by atoms with van der Waals surface area (Å²) < 4.78 is 4.99. The van der Waals surface area contributed by atoms with Crippen LogP contribution in [0.3, 0.4) is 0 Å². The smallest absolute Gasteiger partial charge is 0.416 e. The van der Waals surface area contributed by atoms with Crippen LogP contribution in [0, 0.1) is 11.3 Å². The Morgan fingerprint density at radius 2 is 2.21 bits per heavy atom. The highest BCUT2D eigenvalue weighted by molar-refractivity contribution is 8.03. The van der Waals surface area contributed by atoms with E-state index < -0.39 is 11.6 Å². The number of nitriles is 1. The van der Waals surface area contributed by atoms with Crippen molar-refractivity contribution in [3.05, 3.63) is 40.8 Å². The fourth-order valence-electron chi connectivity index (χ4n) is 1.71. The van der Waals surface area contributed by atoms with Gasteiger partial charge >= 0.3 is 6.09 Å². The minimum atomic E-state index is -0.482. The van der Waals surface area contributed by atoms with Crippen LogP contribution >= 0.6 is 11.8 Å². The van der Waals surface area contributed by atoms with E-state index in [1.54, 1.807) is 31.2 Å². The molecule has 0 saturated heterocycles. The number of carbonyl (C=O) groups excluding carboxylic acids is 1. The van der Waals surface area contributed by atoms with E-state index >= 15 is 0 Å². The van der Waals surface area contributed by atoms with Crippen molar-refractivity contribution in [2.75, 3.05) is 6.61 Å². The average molecular weight is 275 g/mol. The first kappa shape index (κ1) is 13.5. The van der Waals surface area contributed by atoms with Gasteiger partial charge in [0, 0.05) is 0 Å². The Hall–Kier alpha value is -1.97. The van der Waals surface area contributed by atoms with E-state index in [0.717, 1.165) is 5.56 Å². The molecule has 0 aromatic heterocycles. The molecule has 2 N–H and O–H groups in total. The standard InChI is InChI=1S/C13H13N3O2S/c1-2-18-13(17)16-11(8-19-12(16)15)10-5-3-9(7-14)4-6-10/h3-6,8,12H,2,15H2,1H3. The zero-order chi connectivity index (χ0) is 13.8. The lowest BCUT2D eigenvalue weighted by atomic mass is 10.1. The maximum absolute atomic E-state index is 11.9. The molecule has 6 heteroatoms. The predicted molar refractivity (Wildman–Crippen MR) is 73.6 cm³/mol. The molecule has 1 aliphatic heterocycles. The molecular weight excluding hydrogens is 262 g/mol. The molecule has 2 rings (SSSR count). The number of thioether (sulfide) groups is 1. The van der Waals surface area contributed by atoms with E-state index in [1.165, 1.54) is 16.7 Å². The van der Waals surface area contributed by atoms with Gasteiger partial charge in [-0.2, -0.15) is 5.26 Å². The van der Waals surface area contributed by atoms with Crippen LogP contribution in [0.4, 0.5) is 4.79 Å². The topological polar surface area (TPSA) is 79.3 Å². The molecule has 19 heavy (non-hydrogen) atoms. The lowest BCUT2D eigenvalue weighted by Crippen LogP contribution is -2.39. The molecule has 0 radical (unpaired) electrons. The van der Waals surface area contributed by atoms with Crippen LogP contribution in [-0.2, 0) is 4.74 Å². The zero-order valence-electron chi connectivity index (χ0n) is 10.4. The van der Waals surface area contributed by atoms with Gasteiger partial charge in [0.1, 0.15) is 5.50 Å². The van der Waals surface area contributed by atoms with Gasteiger partial charge in [-0.3, -0.25) is 4.90 Å². The number of hydrogen-bond donors (Lipinski definition) is 1. The number of hydrogen-bond acceptors (Lipinski definition) is 5. The summed E-state index contributed by atoms with van der Waals surface area (Å²) in [6.45, 7) is 2.05. The largest absolute Gasteiger partial charge is 0.449 e. The Morgan fingerprint density at radius 1 is 1.53 bits per heavy atom. The number of nitrogens with two attached hydrogens (primary N) is 1. The zero-order valence-corrected chi connectivity index (χ0v) is 11.2. The van der Waals surface area contributed by atoms with Crippen molar-refractivity contribution in [2.45, 2.75) is 12.4 Å². The summed E-state index contributed by atoms with van der Waals surface area (Å²) in [5.41, 5.74) is 7.49. The van der Waals surface area contributed by atoms with Gasteiger partial charge in [0.25, 0.3) is 0 Å². The molecule has 0 saturated carbocycles. The Balaban J connectivity index is 2.27. The summed E-state index contributed by atoms with van der Waals surface area (Å²) in [7, 11) is 0. The first-order valence-corrected chi connectivity index (χ1v) is 6.69. The van der Waals surface area contributed by atoms with E-state index in [0.29, 0.717) is 17.9 Å². The number of benzene rings is 1. The van der Waals surface area contributed by atoms with Gasteiger partial charge in [-0.05, 0) is 30.0 Å². The predicted octanol–water partition coefficient (Wildman–Crippen LogP) is 2.30. The Labute approximate surface area is 115 Å². The minimum absolute atomic E-state index is 0.299. The van der Waals surface area contributed by atoms with Crippen molar-refractivity contribution >= 4 is 23.6 Å². The van der Waals surface area contributed by atoms with E-state index in [-0.39, 0.29) is 0 Å². The van der Waals surface area contributed by atoms with Crippen LogP contribution in [-0.4, -0.2) is 23.1 Å². The third-order valence-electron chi connectivity index (χ3n) is 2.61. The van der Waals surface area contributed by atoms with E-state index in [9.17, 15) is 4.79 Å². The lowest BCUT2D eigenvalue weighted by Gasteiger charge is -2.23. The molecule has 1 unspecified atom stereocenters. The second kappa shape index (κ2) is 5.78. The SMILES string of the molecule is CCOC(=O)N1C(c2ccc(C#N)cc2)=CSC1N. The first-order chi connectivity index (χ1) is 9.17. The van der Waals surface area contributed by atoms with Crippen molar-refractivity contribution in [1.29, 1.82) is 5.26 Å². The number of nitrogens with zero attached hydrogens (tertiary/aromatic N) is 2. The fraction of sp³-hybridized carbons (Fsp3) is 0.231. The Bertz CT molecular complexity index is 548. The first-order valence-electron chi connectivity index (χ1n) is 5.75. The molecule has 1 heterocycles. The summed E-state index contributed by atoms with van der Waals surface area (Å²) >= 11 is 1.35. The van der Waals surface area contributed by atoms with Crippen molar-refractivity contribution in [3.8, 4) is 6.07 Å². The number of carbonyl (C=O) groups is 1. The van der Waals surface area contributed by atoms with E-state index in [1.807, 2.05) is 5.41 Å². The second-order valence-electron chi connectivity index (χ2n) is 3.79. The van der Waals surface area contributed by atoms with E-state index in [4.69, 9.17) is 15.7 Å². The van der Waals surface area contributed by atoms with Crippen LogP contribution in [0.5, 0.6) is 0 Å². The summed E-state index contributed by atoms with van der Waals surface area (Å²) in [5, 5.41) is 10.6. The van der Waals surface area contributed by atoms with Gasteiger partial charge in [-0.1, -0.05) is 23.9 Å². The van der Waals surface area contributed by atoms with Gasteiger partial charge in [0.15, 0.2) is 0 Å². The molecule has 1 aromatic rings. The molecule has 1 amide bonds. The van der Waals surface area contributed by atoms with Gasteiger partial charge in [0.2, 0.25) is 0 Å². The molecule has 0 bridgehead atoms. The highest BCUT2D eigenvalue weighted by Crippen LogP contribution is 2.34. The molecular formula is C13H13N3O2S. The lowest BCUT2D eigenvalue weighted by molar-refractivity contribution is 0.124. The van der Waals surface area contributed by atoms with Crippen LogP contribution in [0.25, 0.3) is 5.70 Å². The van der Waals surface area contributed by atoms with Crippen LogP contribution in [0.2, 0.25) is 0 Å². The third-order valence-corrected chi connectivity index (χ3v) is 3.46. The maximum Gasteiger partial charge on any atom is 0.416 e.